The second-order valence-corrected chi connectivity index (χ2v) is 7.33. The molecule has 3 N–H and O–H groups in total. The number of primary amides is 1. The number of urea groups is 1. The van der Waals surface area contributed by atoms with Crippen LogP contribution in [0.25, 0.3) is 0 Å². The second-order valence-electron chi connectivity index (χ2n) is 4.90. The minimum atomic E-state index is -2.96. The highest BCUT2D eigenvalue weighted by atomic mass is 28.4. The van der Waals surface area contributed by atoms with Crippen LogP contribution in [0.15, 0.2) is 0 Å². The van der Waals surface area contributed by atoms with Crippen LogP contribution in [0.4, 0.5) is 4.79 Å². The molecule has 0 aromatic rings. The van der Waals surface area contributed by atoms with Gasteiger partial charge in [-0.05, 0) is 41.5 Å². The van der Waals surface area contributed by atoms with E-state index in [-0.39, 0.29) is 24.5 Å². The molecule has 0 heterocycles. The van der Waals surface area contributed by atoms with Gasteiger partial charge in [-0.3, -0.25) is 0 Å². The summed E-state index contributed by atoms with van der Waals surface area (Å²) in [6, 6.07) is -0.612. The van der Waals surface area contributed by atoms with Crippen LogP contribution in [-0.2, 0) is 13.3 Å². The van der Waals surface area contributed by atoms with Gasteiger partial charge in [0.15, 0.2) is 0 Å². The smallest absolute Gasteiger partial charge is 0.370 e. The first kappa shape index (κ1) is 17.4. The van der Waals surface area contributed by atoms with Gasteiger partial charge in [0.25, 0.3) is 0 Å². The highest BCUT2D eigenvalue weighted by Crippen LogP contribution is 2.16. The van der Waals surface area contributed by atoms with E-state index in [1.165, 1.54) is 0 Å². The Morgan fingerprint density at radius 1 is 1.00 bits per heavy atom. The Labute approximate surface area is 111 Å². The van der Waals surface area contributed by atoms with Gasteiger partial charge in [0, 0.05) is 18.3 Å². The largest absolute Gasteiger partial charge is 0.521 e. The first-order valence-electron chi connectivity index (χ1n) is 6.23. The van der Waals surface area contributed by atoms with Crippen LogP contribution in [-0.4, -0.2) is 39.3 Å². The van der Waals surface area contributed by atoms with Crippen LogP contribution in [0.2, 0.25) is 0 Å². The SMILES string of the molecule is CC(C)O[Si](CNC(N)=O)(OC(C)C)OC(C)C. The summed E-state index contributed by atoms with van der Waals surface area (Å²) in [7, 11) is -2.96. The van der Waals surface area contributed by atoms with Gasteiger partial charge < -0.3 is 24.3 Å². The third-order valence-electron chi connectivity index (χ3n) is 1.72. The molecule has 18 heavy (non-hydrogen) atoms. The van der Waals surface area contributed by atoms with E-state index < -0.39 is 14.8 Å². The summed E-state index contributed by atoms with van der Waals surface area (Å²) >= 11 is 0. The number of nitrogens with one attached hydrogen (secondary N) is 1. The van der Waals surface area contributed by atoms with Crippen LogP contribution in [0.3, 0.4) is 0 Å². The van der Waals surface area contributed by atoms with Crippen molar-refractivity contribution in [2.45, 2.75) is 59.9 Å². The van der Waals surface area contributed by atoms with Gasteiger partial charge in [-0.1, -0.05) is 0 Å². The maximum absolute atomic E-state index is 10.9. The lowest BCUT2D eigenvalue weighted by Crippen LogP contribution is -2.59. The number of amides is 2. The summed E-state index contributed by atoms with van der Waals surface area (Å²) in [6.07, 6.45) is 0.0215. The Kier molecular flexibility index (Phi) is 7.45. The molecule has 0 aliphatic heterocycles. The van der Waals surface area contributed by atoms with Crippen molar-refractivity contribution in [1.29, 1.82) is 0 Å². The van der Waals surface area contributed by atoms with E-state index in [2.05, 4.69) is 5.32 Å². The second kappa shape index (κ2) is 7.73. The minimum Gasteiger partial charge on any atom is -0.370 e. The van der Waals surface area contributed by atoms with E-state index in [0.717, 1.165) is 0 Å². The number of rotatable bonds is 8. The van der Waals surface area contributed by atoms with Crippen molar-refractivity contribution < 1.29 is 18.1 Å². The summed E-state index contributed by atoms with van der Waals surface area (Å²) < 4.78 is 17.5. The Bertz CT molecular complexity index is 233. The van der Waals surface area contributed by atoms with E-state index in [0.29, 0.717) is 0 Å². The number of hydrogen-bond acceptors (Lipinski definition) is 4. The molecule has 108 valence electrons. The topological polar surface area (TPSA) is 82.8 Å². The maximum atomic E-state index is 10.9. The summed E-state index contributed by atoms with van der Waals surface area (Å²) in [5.74, 6) is 0. The van der Waals surface area contributed by atoms with Gasteiger partial charge >= 0.3 is 14.8 Å². The lowest BCUT2D eigenvalue weighted by atomic mass is 10.5. The standard InChI is InChI=1S/C11H26N2O4Si/c1-8(2)15-18(16-9(3)4,17-10(5)6)7-13-11(12)14/h8-10H,7H2,1-6H3,(H3,12,13,14). The molecule has 2 amide bonds. The zero-order chi connectivity index (χ0) is 14.3. The average molecular weight is 278 g/mol. The Hall–Kier alpha value is -0.633. The van der Waals surface area contributed by atoms with Crippen molar-refractivity contribution in [2.24, 2.45) is 5.73 Å². The third-order valence-corrected chi connectivity index (χ3v) is 4.83. The zero-order valence-corrected chi connectivity index (χ0v) is 13.1. The fourth-order valence-electron chi connectivity index (χ4n) is 1.48. The van der Waals surface area contributed by atoms with Crippen molar-refractivity contribution in [1.82, 2.24) is 5.32 Å². The van der Waals surface area contributed by atoms with Gasteiger partial charge in [0.1, 0.15) is 0 Å². The van der Waals surface area contributed by atoms with Gasteiger partial charge in [-0.15, -0.1) is 0 Å². The molecule has 7 heteroatoms. The van der Waals surface area contributed by atoms with Gasteiger partial charge in [-0.25, -0.2) is 4.79 Å². The van der Waals surface area contributed by atoms with Crippen molar-refractivity contribution in [3.05, 3.63) is 0 Å². The third kappa shape index (κ3) is 7.65. The normalized spacial score (nSPS) is 12.5. The van der Waals surface area contributed by atoms with Gasteiger partial charge in [-0.2, -0.15) is 0 Å². The van der Waals surface area contributed by atoms with E-state index in [1.807, 2.05) is 41.5 Å². The van der Waals surface area contributed by atoms with Crippen LogP contribution >= 0.6 is 0 Å². The summed E-state index contributed by atoms with van der Waals surface area (Å²) in [5.41, 5.74) is 5.10. The predicted octanol–water partition coefficient (Wildman–Crippen LogP) is 1.41. The van der Waals surface area contributed by atoms with Crippen LogP contribution in [0.1, 0.15) is 41.5 Å². The highest BCUT2D eigenvalue weighted by Gasteiger charge is 2.44. The van der Waals surface area contributed by atoms with E-state index in [9.17, 15) is 4.79 Å². The Balaban J connectivity index is 4.91. The van der Waals surface area contributed by atoms with Crippen LogP contribution in [0, 0.1) is 0 Å². The molecule has 0 aromatic heterocycles. The molecule has 0 atom stereocenters. The first-order valence-corrected chi connectivity index (χ1v) is 8.17. The highest BCUT2D eigenvalue weighted by molar-refractivity contribution is 6.61. The molecule has 0 aromatic carbocycles. The van der Waals surface area contributed by atoms with Crippen molar-refractivity contribution in [2.75, 3.05) is 6.17 Å². The molecule has 0 saturated carbocycles. The van der Waals surface area contributed by atoms with E-state index in [1.54, 1.807) is 0 Å². The van der Waals surface area contributed by atoms with Crippen LogP contribution < -0.4 is 11.1 Å². The molecular formula is C11H26N2O4Si. The lowest BCUT2D eigenvalue weighted by Gasteiger charge is -2.34. The first-order chi connectivity index (χ1) is 8.17. The fourth-order valence-corrected chi connectivity index (χ4v) is 4.44. The predicted molar refractivity (Wildman–Crippen MR) is 72.0 cm³/mol. The van der Waals surface area contributed by atoms with Crippen molar-refractivity contribution in [3.8, 4) is 0 Å². The number of carbonyl (C=O) groups excluding carboxylic acids is 1. The van der Waals surface area contributed by atoms with Crippen molar-refractivity contribution >= 4 is 14.8 Å². The summed E-state index contributed by atoms with van der Waals surface area (Å²) in [5, 5.41) is 2.53. The monoisotopic (exact) mass is 278 g/mol. The molecule has 6 nitrogen and oxygen atoms in total. The molecule has 0 saturated heterocycles. The summed E-state index contributed by atoms with van der Waals surface area (Å²) in [4.78, 5) is 10.9. The van der Waals surface area contributed by atoms with Crippen molar-refractivity contribution in [3.63, 3.8) is 0 Å². The maximum Gasteiger partial charge on any atom is 0.521 e. The Morgan fingerprint density at radius 3 is 1.56 bits per heavy atom. The average Bonchev–Trinajstić information content (AvgIpc) is 2.11. The van der Waals surface area contributed by atoms with Crippen LogP contribution in [0.5, 0.6) is 0 Å². The molecule has 0 spiro atoms. The molecule has 0 unspecified atom stereocenters. The van der Waals surface area contributed by atoms with Gasteiger partial charge in [0.05, 0.1) is 6.17 Å². The van der Waals surface area contributed by atoms with E-state index >= 15 is 0 Å². The number of hydrogen-bond donors (Lipinski definition) is 2. The molecule has 0 bridgehead atoms. The van der Waals surface area contributed by atoms with Gasteiger partial charge in [0.2, 0.25) is 0 Å². The Morgan fingerprint density at radius 2 is 1.33 bits per heavy atom. The number of carbonyl (C=O) groups is 1. The molecule has 0 fully saturated rings. The lowest BCUT2D eigenvalue weighted by molar-refractivity contribution is 0.00302. The molecule has 0 aliphatic carbocycles. The number of nitrogens with two attached hydrogens (primary N) is 1. The molecular weight excluding hydrogens is 252 g/mol. The quantitative estimate of drug-likeness (QED) is 0.658. The summed E-state index contributed by atoms with van der Waals surface area (Å²) in [6.45, 7) is 11.4. The van der Waals surface area contributed by atoms with E-state index in [4.69, 9.17) is 19.0 Å². The molecule has 0 aliphatic rings. The molecule has 0 radical (unpaired) electrons. The minimum absolute atomic E-state index is 0.0520. The fraction of sp³-hybridized carbons (Fsp3) is 0.909. The molecule has 0 rings (SSSR count). The zero-order valence-electron chi connectivity index (χ0n) is 12.1.